The van der Waals surface area contributed by atoms with E-state index >= 15 is 0 Å². The Morgan fingerprint density at radius 3 is 2.71 bits per heavy atom. The molecule has 0 atom stereocenters. The lowest BCUT2D eigenvalue weighted by Crippen LogP contribution is -1.78. The third-order valence-corrected chi connectivity index (χ3v) is 1.79. The summed E-state index contributed by atoms with van der Waals surface area (Å²) in [6.07, 6.45) is 3.86. The molecule has 2 nitrogen and oxygen atoms in total. The molecule has 1 aromatic carbocycles. The molecule has 0 N–H and O–H groups in total. The van der Waals surface area contributed by atoms with Crippen LogP contribution in [0.3, 0.4) is 0 Å². The second-order valence-electron chi connectivity index (χ2n) is 2.65. The zero-order valence-electron chi connectivity index (χ0n) is 7.37. The van der Waals surface area contributed by atoms with Crippen molar-refractivity contribution >= 4 is 17.7 Å². The number of allylic oxidation sites excluding steroid dienone is 1. The van der Waals surface area contributed by atoms with Gasteiger partial charge in [0.2, 0.25) is 0 Å². The first kappa shape index (κ1) is 10.3. The Morgan fingerprint density at radius 2 is 2.07 bits per heavy atom. The molecule has 0 saturated heterocycles. The largest absolute Gasteiger partial charge is 0.198 e. The van der Waals surface area contributed by atoms with Gasteiger partial charge in [-0.25, -0.2) is 0 Å². The number of nitriles is 2. The van der Waals surface area contributed by atoms with Gasteiger partial charge < -0.3 is 0 Å². The zero-order valence-corrected chi connectivity index (χ0v) is 8.12. The minimum Gasteiger partial charge on any atom is -0.198 e. The van der Waals surface area contributed by atoms with Gasteiger partial charge in [0.25, 0.3) is 0 Å². The van der Waals surface area contributed by atoms with Crippen LogP contribution < -0.4 is 0 Å². The lowest BCUT2D eigenvalue weighted by atomic mass is 10.1. The van der Waals surface area contributed by atoms with Gasteiger partial charge in [0.1, 0.15) is 0 Å². The maximum absolute atomic E-state index is 8.67. The summed E-state index contributed by atoms with van der Waals surface area (Å²) >= 11 is 5.79. The van der Waals surface area contributed by atoms with Crippen LogP contribution in [0.5, 0.6) is 0 Å². The van der Waals surface area contributed by atoms with Crippen LogP contribution in [0.2, 0.25) is 5.02 Å². The Labute approximate surface area is 87.7 Å². The maximum atomic E-state index is 8.67. The average molecular weight is 203 g/mol. The molecule has 0 amide bonds. The average Bonchev–Trinajstić information content (AvgIpc) is 2.17. The van der Waals surface area contributed by atoms with E-state index in [1.165, 1.54) is 0 Å². The molecule has 0 heterocycles. The summed E-state index contributed by atoms with van der Waals surface area (Å²) < 4.78 is 0. The van der Waals surface area contributed by atoms with Crippen LogP contribution in [0.4, 0.5) is 0 Å². The maximum Gasteiger partial charge on any atom is 0.0992 e. The van der Waals surface area contributed by atoms with Crippen molar-refractivity contribution in [1.82, 2.24) is 0 Å². The molecular formula is C11H7ClN2. The van der Waals surface area contributed by atoms with E-state index in [9.17, 15) is 0 Å². The summed E-state index contributed by atoms with van der Waals surface area (Å²) in [4.78, 5) is 0. The summed E-state index contributed by atoms with van der Waals surface area (Å²) in [5.74, 6) is 0. The fourth-order valence-electron chi connectivity index (χ4n) is 1.02. The first-order valence-corrected chi connectivity index (χ1v) is 4.38. The molecule has 14 heavy (non-hydrogen) atoms. The highest BCUT2D eigenvalue weighted by atomic mass is 35.5. The number of halogens is 1. The molecule has 1 aromatic rings. The second-order valence-corrected chi connectivity index (χ2v) is 3.09. The number of nitrogens with zero attached hydrogens (tertiary/aromatic N) is 2. The minimum absolute atomic E-state index is 0.356. The van der Waals surface area contributed by atoms with Gasteiger partial charge in [0.05, 0.1) is 24.1 Å². The van der Waals surface area contributed by atoms with Crippen molar-refractivity contribution in [3.05, 3.63) is 40.4 Å². The molecule has 0 aliphatic heterocycles. The molecule has 68 valence electrons. The van der Waals surface area contributed by atoms with Gasteiger partial charge in [-0.15, -0.1) is 0 Å². The van der Waals surface area contributed by atoms with Crippen LogP contribution in [0, 0.1) is 22.7 Å². The van der Waals surface area contributed by atoms with Crippen molar-refractivity contribution in [3.63, 3.8) is 0 Å². The van der Waals surface area contributed by atoms with Gasteiger partial charge >= 0.3 is 0 Å². The van der Waals surface area contributed by atoms with Crippen molar-refractivity contribution in [2.24, 2.45) is 0 Å². The van der Waals surface area contributed by atoms with E-state index in [2.05, 4.69) is 0 Å². The lowest BCUT2D eigenvalue weighted by Gasteiger charge is -1.95. The van der Waals surface area contributed by atoms with Gasteiger partial charge in [-0.2, -0.15) is 10.5 Å². The van der Waals surface area contributed by atoms with E-state index in [-0.39, 0.29) is 0 Å². The Hall–Kier alpha value is -1.77. The Morgan fingerprint density at radius 1 is 1.29 bits per heavy atom. The smallest absolute Gasteiger partial charge is 0.0992 e. The highest BCUT2D eigenvalue weighted by Crippen LogP contribution is 2.15. The van der Waals surface area contributed by atoms with E-state index in [1.54, 1.807) is 30.4 Å². The van der Waals surface area contributed by atoms with Gasteiger partial charge in [-0.1, -0.05) is 23.8 Å². The molecule has 0 aromatic heterocycles. The van der Waals surface area contributed by atoms with E-state index < -0.39 is 0 Å². The van der Waals surface area contributed by atoms with Crippen molar-refractivity contribution in [2.75, 3.05) is 0 Å². The third kappa shape index (κ3) is 2.94. The predicted molar refractivity (Wildman–Crippen MR) is 55.4 cm³/mol. The molecule has 0 aliphatic carbocycles. The first-order valence-electron chi connectivity index (χ1n) is 4.00. The van der Waals surface area contributed by atoms with Crippen LogP contribution in [-0.4, -0.2) is 0 Å². The van der Waals surface area contributed by atoms with Crippen molar-refractivity contribution in [1.29, 1.82) is 10.5 Å². The van der Waals surface area contributed by atoms with Crippen LogP contribution in [0.15, 0.2) is 24.3 Å². The van der Waals surface area contributed by atoms with Gasteiger partial charge in [-0.3, -0.25) is 0 Å². The summed E-state index contributed by atoms with van der Waals surface area (Å²) in [5, 5.41) is 17.5. The monoisotopic (exact) mass is 202 g/mol. The molecular weight excluding hydrogens is 196 g/mol. The molecule has 0 unspecified atom stereocenters. The van der Waals surface area contributed by atoms with Crippen LogP contribution in [0.1, 0.15) is 17.5 Å². The molecule has 0 spiro atoms. The molecule has 0 fully saturated rings. The number of hydrogen-bond acceptors (Lipinski definition) is 2. The second kappa shape index (κ2) is 5.07. The predicted octanol–water partition coefficient (Wildman–Crippen LogP) is 3.14. The van der Waals surface area contributed by atoms with Crippen molar-refractivity contribution in [2.45, 2.75) is 6.42 Å². The molecule has 0 aliphatic rings. The first-order chi connectivity index (χ1) is 6.76. The normalized spacial score (nSPS) is 9.64. The van der Waals surface area contributed by atoms with Crippen LogP contribution >= 0.6 is 11.6 Å². The zero-order chi connectivity index (χ0) is 10.4. The van der Waals surface area contributed by atoms with E-state index in [4.69, 9.17) is 22.1 Å². The fourth-order valence-corrected chi connectivity index (χ4v) is 1.26. The Kier molecular flexibility index (Phi) is 3.73. The lowest BCUT2D eigenvalue weighted by molar-refractivity contribution is 1.36. The summed E-state index contributed by atoms with van der Waals surface area (Å²) in [6.45, 7) is 0. The molecule has 3 heteroatoms. The standard InChI is InChI=1S/C11H7ClN2/c12-11-6-9(3-1-2-4-13)5-10(7-11)8-14/h1,3,5-7H,2H2. The highest BCUT2D eigenvalue weighted by molar-refractivity contribution is 6.30. The molecule has 1 rings (SSSR count). The number of rotatable bonds is 2. The Bertz CT molecular complexity index is 436. The van der Waals surface area contributed by atoms with Gasteiger partial charge in [0.15, 0.2) is 0 Å². The van der Waals surface area contributed by atoms with Crippen molar-refractivity contribution < 1.29 is 0 Å². The Balaban J connectivity index is 2.95. The summed E-state index contributed by atoms with van der Waals surface area (Å²) in [7, 11) is 0. The minimum atomic E-state index is 0.356. The van der Waals surface area contributed by atoms with E-state index in [1.807, 2.05) is 12.1 Å². The number of hydrogen-bond donors (Lipinski definition) is 0. The van der Waals surface area contributed by atoms with Crippen LogP contribution in [0.25, 0.3) is 6.08 Å². The third-order valence-electron chi connectivity index (χ3n) is 1.57. The fraction of sp³-hybridized carbons (Fsp3) is 0.0909. The molecule has 0 radical (unpaired) electrons. The SMILES string of the molecule is N#CCC=Cc1cc(Cl)cc(C#N)c1. The quantitative estimate of drug-likeness (QED) is 0.740. The van der Waals surface area contributed by atoms with E-state index in [0.717, 1.165) is 5.56 Å². The molecule has 0 saturated carbocycles. The van der Waals surface area contributed by atoms with Crippen molar-refractivity contribution in [3.8, 4) is 12.1 Å². The van der Waals surface area contributed by atoms with Gasteiger partial charge in [-0.05, 0) is 23.8 Å². The van der Waals surface area contributed by atoms with Gasteiger partial charge in [0, 0.05) is 5.02 Å². The topological polar surface area (TPSA) is 47.6 Å². The summed E-state index contributed by atoms with van der Waals surface area (Å²) in [5.41, 5.74) is 1.36. The molecule has 0 bridgehead atoms. The highest BCUT2D eigenvalue weighted by Gasteiger charge is 1.95. The number of benzene rings is 1. The van der Waals surface area contributed by atoms with E-state index in [0.29, 0.717) is 17.0 Å². The van der Waals surface area contributed by atoms with Crippen LogP contribution in [-0.2, 0) is 0 Å². The summed E-state index contributed by atoms with van der Waals surface area (Å²) in [6, 6.07) is 9.08.